The van der Waals surface area contributed by atoms with Gasteiger partial charge < -0.3 is 10.4 Å². The fourth-order valence-corrected chi connectivity index (χ4v) is 1.54. The molecule has 4 heteroatoms. The molecule has 1 aromatic carbocycles. The number of hydrogen-bond acceptors (Lipinski definition) is 2. The van der Waals surface area contributed by atoms with Gasteiger partial charge in [0, 0.05) is 11.5 Å². The molecule has 1 rings (SSSR count). The second-order valence-corrected chi connectivity index (χ2v) is 4.61. The average molecular weight is 259 g/mol. The number of nitrogens with one attached hydrogen (secondary N) is 1. The van der Waals surface area contributed by atoms with Crippen LogP contribution >= 0.6 is 0 Å². The lowest BCUT2D eigenvalue weighted by atomic mass is 10.0. The monoisotopic (exact) mass is 259 g/mol. The SMILES string of the molecule is CC(C)CC(NC(=O)C#Cc1ccccc1)C(=O)O. The number of benzene rings is 1. The van der Waals surface area contributed by atoms with Crippen molar-refractivity contribution in [1.82, 2.24) is 5.32 Å². The summed E-state index contributed by atoms with van der Waals surface area (Å²) in [6, 6.07) is 8.17. The molecule has 1 amide bonds. The van der Waals surface area contributed by atoms with Crippen molar-refractivity contribution < 1.29 is 14.7 Å². The fraction of sp³-hybridized carbons (Fsp3) is 0.333. The lowest BCUT2D eigenvalue weighted by Gasteiger charge is -2.14. The molecule has 0 fully saturated rings. The van der Waals surface area contributed by atoms with Gasteiger partial charge in [0.1, 0.15) is 6.04 Å². The largest absolute Gasteiger partial charge is 0.480 e. The van der Waals surface area contributed by atoms with E-state index >= 15 is 0 Å². The normalized spacial score (nSPS) is 11.3. The summed E-state index contributed by atoms with van der Waals surface area (Å²) in [6.07, 6.45) is 0.383. The van der Waals surface area contributed by atoms with Crippen molar-refractivity contribution in [2.75, 3.05) is 0 Å². The van der Waals surface area contributed by atoms with Crippen LogP contribution in [0.2, 0.25) is 0 Å². The average Bonchev–Trinajstić information content (AvgIpc) is 2.36. The zero-order chi connectivity index (χ0) is 14.3. The Morgan fingerprint density at radius 3 is 2.42 bits per heavy atom. The first-order valence-corrected chi connectivity index (χ1v) is 6.09. The van der Waals surface area contributed by atoms with Gasteiger partial charge in [-0.2, -0.15) is 0 Å². The predicted molar refractivity (Wildman–Crippen MR) is 72.3 cm³/mol. The molecule has 100 valence electrons. The van der Waals surface area contributed by atoms with Crippen molar-refractivity contribution in [3.63, 3.8) is 0 Å². The molecular formula is C15H17NO3. The number of carbonyl (C=O) groups is 2. The van der Waals surface area contributed by atoms with E-state index in [9.17, 15) is 9.59 Å². The van der Waals surface area contributed by atoms with E-state index in [0.717, 1.165) is 0 Å². The van der Waals surface area contributed by atoms with Crippen molar-refractivity contribution in [1.29, 1.82) is 0 Å². The number of carboxylic acid groups (broad SMARTS) is 1. The summed E-state index contributed by atoms with van der Waals surface area (Å²) < 4.78 is 0. The highest BCUT2D eigenvalue weighted by molar-refractivity contribution is 5.96. The van der Waals surface area contributed by atoms with Crippen molar-refractivity contribution >= 4 is 11.9 Å². The summed E-state index contributed by atoms with van der Waals surface area (Å²) in [5, 5.41) is 11.4. The summed E-state index contributed by atoms with van der Waals surface area (Å²) in [5.41, 5.74) is 0.716. The molecule has 0 aliphatic carbocycles. The third-order valence-electron chi connectivity index (χ3n) is 2.40. The lowest BCUT2D eigenvalue weighted by molar-refractivity contribution is -0.141. The number of aliphatic carboxylic acids is 1. The maximum Gasteiger partial charge on any atom is 0.326 e. The van der Waals surface area contributed by atoms with E-state index in [-0.39, 0.29) is 5.92 Å². The first-order chi connectivity index (χ1) is 8.99. The molecule has 0 aliphatic heterocycles. The smallest absolute Gasteiger partial charge is 0.326 e. The lowest BCUT2D eigenvalue weighted by Crippen LogP contribution is -2.41. The molecule has 0 saturated carbocycles. The molecule has 0 aliphatic rings. The fourth-order valence-electron chi connectivity index (χ4n) is 1.54. The van der Waals surface area contributed by atoms with E-state index in [2.05, 4.69) is 17.2 Å². The van der Waals surface area contributed by atoms with Gasteiger partial charge in [-0.25, -0.2) is 4.79 Å². The van der Waals surface area contributed by atoms with Crippen LogP contribution in [-0.4, -0.2) is 23.0 Å². The highest BCUT2D eigenvalue weighted by Gasteiger charge is 2.20. The number of amides is 1. The minimum atomic E-state index is -1.04. The Labute approximate surface area is 112 Å². The Kier molecular flexibility index (Phi) is 5.62. The van der Waals surface area contributed by atoms with Gasteiger partial charge in [0.15, 0.2) is 0 Å². The van der Waals surface area contributed by atoms with E-state index in [1.165, 1.54) is 0 Å². The molecular weight excluding hydrogens is 242 g/mol. The van der Waals surface area contributed by atoms with E-state index in [1.54, 1.807) is 12.1 Å². The van der Waals surface area contributed by atoms with Crippen molar-refractivity contribution in [3.05, 3.63) is 35.9 Å². The molecule has 4 nitrogen and oxygen atoms in total. The summed E-state index contributed by atoms with van der Waals surface area (Å²) in [4.78, 5) is 22.5. The zero-order valence-electron chi connectivity index (χ0n) is 11.0. The van der Waals surface area contributed by atoms with Crippen molar-refractivity contribution in [3.8, 4) is 11.8 Å². The van der Waals surface area contributed by atoms with Crippen LogP contribution in [0.3, 0.4) is 0 Å². The van der Waals surface area contributed by atoms with Crippen LogP contribution in [0.4, 0.5) is 0 Å². The van der Waals surface area contributed by atoms with Gasteiger partial charge in [-0.3, -0.25) is 4.79 Å². The summed E-state index contributed by atoms with van der Waals surface area (Å²) >= 11 is 0. The maximum absolute atomic E-state index is 11.6. The van der Waals surface area contributed by atoms with Crippen LogP contribution in [-0.2, 0) is 9.59 Å². The van der Waals surface area contributed by atoms with Crippen LogP contribution in [0.1, 0.15) is 25.8 Å². The molecule has 0 radical (unpaired) electrons. The number of hydrogen-bond donors (Lipinski definition) is 2. The summed E-state index contributed by atoms with van der Waals surface area (Å²) in [6.45, 7) is 3.80. The standard InChI is InChI=1S/C15H17NO3/c1-11(2)10-13(15(18)19)16-14(17)9-8-12-6-4-3-5-7-12/h3-7,11,13H,10H2,1-2H3,(H,16,17)(H,18,19). The summed E-state index contributed by atoms with van der Waals surface area (Å²) in [7, 11) is 0. The van der Waals surface area contributed by atoms with Gasteiger partial charge >= 0.3 is 5.97 Å². The Hall–Kier alpha value is -2.28. The summed E-state index contributed by atoms with van der Waals surface area (Å²) in [5.74, 6) is 3.65. The van der Waals surface area contributed by atoms with Crippen LogP contribution < -0.4 is 5.32 Å². The van der Waals surface area contributed by atoms with Crippen LogP contribution in [0.15, 0.2) is 30.3 Å². The molecule has 1 aromatic rings. The topological polar surface area (TPSA) is 66.4 Å². The van der Waals surface area contributed by atoms with Gasteiger partial charge in [0.25, 0.3) is 5.91 Å². The first-order valence-electron chi connectivity index (χ1n) is 6.09. The number of carboxylic acids is 1. The third kappa shape index (κ3) is 5.73. The van der Waals surface area contributed by atoms with Gasteiger partial charge in [-0.1, -0.05) is 38.0 Å². The van der Waals surface area contributed by atoms with E-state index < -0.39 is 17.9 Å². The Morgan fingerprint density at radius 1 is 1.26 bits per heavy atom. The Balaban J connectivity index is 2.63. The van der Waals surface area contributed by atoms with Crippen LogP contribution in [0.5, 0.6) is 0 Å². The van der Waals surface area contributed by atoms with Crippen LogP contribution in [0, 0.1) is 17.8 Å². The molecule has 1 atom stereocenters. The molecule has 0 saturated heterocycles. The van der Waals surface area contributed by atoms with Crippen molar-refractivity contribution in [2.45, 2.75) is 26.3 Å². The van der Waals surface area contributed by atoms with Gasteiger partial charge in [-0.05, 0) is 24.5 Å². The molecule has 19 heavy (non-hydrogen) atoms. The van der Waals surface area contributed by atoms with Crippen LogP contribution in [0.25, 0.3) is 0 Å². The highest BCUT2D eigenvalue weighted by Crippen LogP contribution is 2.04. The minimum Gasteiger partial charge on any atom is -0.480 e. The predicted octanol–water partition coefficient (Wildman–Crippen LogP) is 1.65. The number of rotatable bonds is 4. The minimum absolute atomic E-state index is 0.184. The highest BCUT2D eigenvalue weighted by atomic mass is 16.4. The molecule has 0 aromatic heterocycles. The van der Waals surface area contributed by atoms with Gasteiger partial charge in [0.2, 0.25) is 0 Å². The second-order valence-electron chi connectivity index (χ2n) is 4.61. The van der Waals surface area contributed by atoms with Crippen molar-refractivity contribution in [2.24, 2.45) is 5.92 Å². The quantitative estimate of drug-likeness (QED) is 0.808. The molecule has 0 heterocycles. The first kappa shape index (κ1) is 14.8. The van der Waals surface area contributed by atoms with E-state index in [0.29, 0.717) is 12.0 Å². The third-order valence-corrected chi connectivity index (χ3v) is 2.40. The van der Waals surface area contributed by atoms with E-state index in [1.807, 2.05) is 32.0 Å². The Morgan fingerprint density at radius 2 is 1.89 bits per heavy atom. The maximum atomic E-state index is 11.6. The second kappa shape index (κ2) is 7.22. The Bertz CT molecular complexity index is 497. The molecule has 1 unspecified atom stereocenters. The van der Waals surface area contributed by atoms with Gasteiger partial charge in [-0.15, -0.1) is 0 Å². The number of carbonyl (C=O) groups excluding carboxylic acids is 1. The molecule has 0 bridgehead atoms. The van der Waals surface area contributed by atoms with E-state index in [4.69, 9.17) is 5.11 Å². The molecule has 0 spiro atoms. The zero-order valence-corrected chi connectivity index (χ0v) is 11.0. The molecule has 2 N–H and O–H groups in total. The van der Waals surface area contributed by atoms with Gasteiger partial charge in [0.05, 0.1) is 0 Å².